The van der Waals surface area contributed by atoms with Gasteiger partial charge in [-0.05, 0) is 12.1 Å². The van der Waals surface area contributed by atoms with Gasteiger partial charge in [-0.3, -0.25) is 4.98 Å². The van der Waals surface area contributed by atoms with E-state index in [1.807, 2.05) is 18.2 Å². The first kappa shape index (κ1) is 13.5. The number of rotatable bonds is 0. The Hall–Kier alpha value is -1.04. The molecule has 0 aliphatic rings. The van der Waals surface area contributed by atoms with Crippen molar-refractivity contribution < 1.29 is 13.2 Å². The average molecular weight is 196 g/mol. The third kappa shape index (κ3) is 23.1. The van der Waals surface area contributed by atoms with Crippen molar-refractivity contribution in [1.29, 1.82) is 4.78 Å². The number of aromatic nitrogens is 1. The number of hydrogen-bond acceptors (Lipinski definition) is 3. The average Bonchev–Trinajstić information content (AvgIpc) is 2.10. The summed E-state index contributed by atoms with van der Waals surface area (Å²) in [5, 5.41) is 0. The highest BCUT2D eigenvalue weighted by Gasteiger charge is 1.86. The van der Waals surface area contributed by atoms with Gasteiger partial charge in [0.2, 0.25) is 0 Å². The van der Waals surface area contributed by atoms with Gasteiger partial charge in [0.1, 0.15) is 0 Å². The SMILES string of the molecule is FC(F)F.N=S.c1ccncc1. The number of halogens is 3. The fourth-order valence-electron chi connectivity index (χ4n) is 0.313. The van der Waals surface area contributed by atoms with Gasteiger partial charge in [-0.25, -0.2) is 4.78 Å². The molecule has 0 aliphatic carbocycles. The molecular weight excluding hydrogens is 189 g/mol. The van der Waals surface area contributed by atoms with E-state index in [0.29, 0.717) is 0 Å². The maximum atomic E-state index is 9.67. The van der Waals surface area contributed by atoms with Crippen LogP contribution < -0.4 is 0 Å². The minimum absolute atomic E-state index is 1.75. The maximum absolute atomic E-state index is 9.67. The molecule has 0 atom stereocenters. The van der Waals surface area contributed by atoms with Crippen molar-refractivity contribution in [2.45, 2.75) is 6.68 Å². The lowest BCUT2D eigenvalue weighted by Crippen LogP contribution is -1.65. The van der Waals surface area contributed by atoms with Gasteiger partial charge >= 0.3 is 6.68 Å². The summed E-state index contributed by atoms with van der Waals surface area (Å²) in [6, 6.07) is 5.72. The first-order valence-corrected chi connectivity index (χ1v) is 3.12. The van der Waals surface area contributed by atoms with Crippen molar-refractivity contribution in [3.8, 4) is 0 Å². The summed E-state index contributed by atoms with van der Waals surface area (Å²) < 4.78 is 34.3. The molecule has 0 saturated heterocycles. The Labute approximate surface area is 73.4 Å². The van der Waals surface area contributed by atoms with Crippen LogP contribution in [0.3, 0.4) is 0 Å². The van der Waals surface area contributed by atoms with E-state index >= 15 is 0 Å². The zero-order chi connectivity index (χ0) is 9.82. The van der Waals surface area contributed by atoms with Gasteiger partial charge in [0.15, 0.2) is 0 Å². The molecule has 0 aromatic carbocycles. The standard InChI is InChI=1S/C5H5N.CHF3.HNS/c1-2-4-6-5-3-1;2-1(3)4;1-2/h1-5H;1H;1H. The predicted octanol–water partition coefficient (Wildman–Crippen LogP) is 2.56. The number of pyridine rings is 1. The maximum Gasteiger partial charge on any atom is 0.379 e. The molecule has 12 heavy (non-hydrogen) atoms. The van der Waals surface area contributed by atoms with Crippen LogP contribution in [0.5, 0.6) is 0 Å². The molecule has 6 heteroatoms. The van der Waals surface area contributed by atoms with Crippen LogP contribution in [0.4, 0.5) is 13.2 Å². The van der Waals surface area contributed by atoms with Crippen LogP contribution in [-0.4, -0.2) is 11.7 Å². The van der Waals surface area contributed by atoms with E-state index in [2.05, 4.69) is 17.4 Å². The molecule has 2 nitrogen and oxygen atoms in total. The molecule has 0 radical (unpaired) electrons. The minimum Gasteiger partial charge on any atom is -0.265 e. The van der Waals surface area contributed by atoms with Gasteiger partial charge in [-0.1, -0.05) is 6.07 Å². The zero-order valence-electron chi connectivity index (χ0n) is 5.95. The topological polar surface area (TPSA) is 36.7 Å². The fourth-order valence-corrected chi connectivity index (χ4v) is 0.313. The van der Waals surface area contributed by atoms with Gasteiger partial charge in [-0.2, -0.15) is 13.2 Å². The van der Waals surface area contributed by atoms with E-state index in [1.54, 1.807) is 12.4 Å². The summed E-state index contributed by atoms with van der Waals surface area (Å²) >= 11 is 3.33. The number of alkyl halides is 3. The van der Waals surface area contributed by atoms with Gasteiger partial charge in [0.25, 0.3) is 0 Å². The first-order valence-electron chi connectivity index (χ1n) is 2.71. The van der Waals surface area contributed by atoms with Crippen molar-refractivity contribution >= 4 is 12.4 Å². The highest BCUT2D eigenvalue weighted by Crippen LogP contribution is 1.87. The van der Waals surface area contributed by atoms with E-state index in [1.165, 1.54) is 0 Å². The number of nitrogens with zero attached hydrogens (tertiary/aromatic N) is 1. The molecule has 68 valence electrons. The Balaban J connectivity index is 0. The monoisotopic (exact) mass is 196 g/mol. The highest BCUT2D eigenvalue weighted by atomic mass is 32.1. The fraction of sp³-hybridized carbons (Fsp3) is 0.167. The molecule has 0 bridgehead atoms. The summed E-state index contributed by atoms with van der Waals surface area (Å²) in [7, 11) is 0. The van der Waals surface area contributed by atoms with E-state index in [9.17, 15) is 13.2 Å². The summed E-state index contributed by atoms with van der Waals surface area (Å²) in [5.74, 6) is 0. The van der Waals surface area contributed by atoms with Crippen molar-refractivity contribution in [2.75, 3.05) is 0 Å². The molecule has 1 aromatic heterocycles. The molecule has 0 saturated carbocycles. The van der Waals surface area contributed by atoms with Crippen LogP contribution in [0.25, 0.3) is 0 Å². The van der Waals surface area contributed by atoms with Crippen LogP contribution in [-0.2, 0) is 12.4 Å². The van der Waals surface area contributed by atoms with Crippen LogP contribution in [0.2, 0.25) is 0 Å². The Bertz CT molecular complexity index is 133. The third-order valence-electron chi connectivity index (χ3n) is 0.566. The van der Waals surface area contributed by atoms with E-state index in [4.69, 9.17) is 4.78 Å². The molecule has 0 fully saturated rings. The quantitative estimate of drug-likeness (QED) is 0.692. The molecule has 1 rings (SSSR count). The second kappa shape index (κ2) is 12.6. The van der Waals surface area contributed by atoms with Crippen molar-refractivity contribution in [3.05, 3.63) is 30.6 Å². The Morgan fingerprint density at radius 3 is 1.42 bits per heavy atom. The van der Waals surface area contributed by atoms with Gasteiger partial charge < -0.3 is 0 Å². The largest absolute Gasteiger partial charge is 0.379 e. The van der Waals surface area contributed by atoms with Crippen molar-refractivity contribution in [3.63, 3.8) is 0 Å². The molecule has 1 heterocycles. The van der Waals surface area contributed by atoms with Crippen LogP contribution in [0.1, 0.15) is 0 Å². The molecule has 0 aliphatic heterocycles. The normalized spacial score (nSPS) is 7.33. The minimum atomic E-state index is -3.67. The Morgan fingerprint density at radius 1 is 1.00 bits per heavy atom. The second-order valence-corrected chi connectivity index (χ2v) is 1.27. The van der Waals surface area contributed by atoms with Crippen LogP contribution >= 0.6 is 0 Å². The van der Waals surface area contributed by atoms with Crippen molar-refractivity contribution in [1.82, 2.24) is 4.98 Å². The summed E-state index contributed by atoms with van der Waals surface area (Å²) in [6.07, 6.45) is 3.50. The molecule has 1 N–H and O–H groups in total. The zero-order valence-corrected chi connectivity index (χ0v) is 6.77. The smallest absolute Gasteiger partial charge is 0.265 e. The Kier molecular flexibility index (Phi) is 14.2. The van der Waals surface area contributed by atoms with Crippen molar-refractivity contribution in [2.24, 2.45) is 0 Å². The highest BCUT2D eigenvalue weighted by molar-refractivity contribution is 7.45. The van der Waals surface area contributed by atoms with Gasteiger partial charge in [0.05, 0.1) is 0 Å². The lowest BCUT2D eigenvalue weighted by molar-refractivity contribution is 0.00819. The van der Waals surface area contributed by atoms with Crippen LogP contribution in [0, 0.1) is 4.78 Å². The third-order valence-corrected chi connectivity index (χ3v) is 0.566. The predicted molar refractivity (Wildman–Crippen MR) is 41.4 cm³/mol. The summed E-state index contributed by atoms with van der Waals surface area (Å²) in [5.41, 5.74) is 0. The Morgan fingerprint density at radius 2 is 1.33 bits per heavy atom. The second-order valence-electron chi connectivity index (χ2n) is 1.27. The lowest BCUT2D eigenvalue weighted by atomic mass is 10.5. The van der Waals surface area contributed by atoms with Gasteiger partial charge in [-0.15, -0.1) is 0 Å². The summed E-state index contributed by atoms with van der Waals surface area (Å²) in [4.78, 5) is 3.78. The number of nitrogens with one attached hydrogen (secondary N) is 1. The molecule has 0 spiro atoms. The van der Waals surface area contributed by atoms with Crippen LogP contribution in [0.15, 0.2) is 30.6 Å². The molecule has 0 amide bonds. The molecule has 1 aromatic rings. The van der Waals surface area contributed by atoms with E-state index in [0.717, 1.165) is 0 Å². The van der Waals surface area contributed by atoms with E-state index < -0.39 is 6.68 Å². The lowest BCUT2D eigenvalue weighted by Gasteiger charge is -1.70. The van der Waals surface area contributed by atoms with E-state index in [-0.39, 0.29) is 0 Å². The molecular formula is C6H7F3N2S. The van der Waals surface area contributed by atoms with Gasteiger partial charge in [0, 0.05) is 24.8 Å². The number of hydrogen-bond donors (Lipinski definition) is 1. The summed E-state index contributed by atoms with van der Waals surface area (Å²) in [6.45, 7) is -3.67. The first-order chi connectivity index (χ1) is 5.73. The molecule has 0 unspecified atom stereocenters.